The molecule has 1 fully saturated rings. The molecule has 1 amide bonds. The summed E-state index contributed by atoms with van der Waals surface area (Å²) in [6.07, 6.45) is 1.14. The molecule has 1 aliphatic rings. The molecule has 0 aliphatic carbocycles. The maximum absolute atomic E-state index is 12.3. The van der Waals surface area contributed by atoms with Gasteiger partial charge in [-0.2, -0.15) is 0 Å². The van der Waals surface area contributed by atoms with E-state index < -0.39 is 13.9 Å². The summed E-state index contributed by atoms with van der Waals surface area (Å²) in [5.74, 6) is 1.29. The third-order valence-electron chi connectivity index (χ3n) is 7.44. The molecule has 10 heteroatoms. The lowest BCUT2D eigenvalue weighted by Crippen LogP contribution is -2.44. The maximum atomic E-state index is 12.3. The van der Waals surface area contributed by atoms with Crippen LogP contribution in [-0.2, 0) is 22.4 Å². The van der Waals surface area contributed by atoms with Crippen LogP contribution in [0, 0.1) is 10.1 Å². The molecule has 1 heterocycles. The largest absolute Gasteiger partial charge is 0.490 e. The minimum absolute atomic E-state index is 0.000816. The standard InChI is InChI=1S/C30H44N2O7Si/c1-29(2,3)39-28(33)31-18-16-25(17-19-31)38-24-14-12-23(13-15-24)36-21-26-22(10-9-11-27(26)32(34)35)20-37-40(7,8)30(4,5)6/h9-15,25H,16-21H2,1-8H3. The van der Waals surface area contributed by atoms with E-state index >= 15 is 0 Å². The summed E-state index contributed by atoms with van der Waals surface area (Å²) in [5, 5.41) is 11.8. The Morgan fingerprint density at radius 3 is 2.12 bits per heavy atom. The van der Waals surface area contributed by atoms with Crippen molar-refractivity contribution >= 4 is 20.1 Å². The first-order valence-electron chi connectivity index (χ1n) is 13.8. The Kier molecular flexibility index (Phi) is 9.89. The van der Waals surface area contributed by atoms with Gasteiger partial charge in [-0.1, -0.05) is 32.9 Å². The van der Waals surface area contributed by atoms with E-state index in [4.69, 9.17) is 18.6 Å². The Labute approximate surface area is 239 Å². The molecule has 9 nitrogen and oxygen atoms in total. The molecule has 0 bridgehead atoms. The molecular weight excluding hydrogens is 528 g/mol. The zero-order valence-corrected chi connectivity index (χ0v) is 26.1. The zero-order valence-electron chi connectivity index (χ0n) is 25.1. The Hall–Kier alpha value is -3.11. The highest BCUT2D eigenvalue weighted by Crippen LogP contribution is 2.37. The van der Waals surface area contributed by atoms with Crippen LogP contribution in [-0.4, -0.2) is 49.0 Å². The van der Waals surface area contributed by atoms with Crippen LogP contribution in [0.5, 0.6) is 11.5 Å². The van der Waals surface area contributed by atoms with Crippen molar-refractivity contribution in [2.45, 2.75) is 97.4 Å². The van der Waals surface area contributed by atoms with Crippen molar-refractivity contribution in [3.05, 3.63) is 63.7 Å². The number of nitro groups is 1. The third kappa shape index (κ3) is 8.69. The quantitative estimate of drug-likeness (QED) is 0.174. The Morgan fingerprint density at radius 1 is 0.975 bits per heavy atom. The number of carbonyl (C=O) groups excluding carboxylic acids is 1. The summed E-state index contributed by atoms with van der Waals surface area (Å²) >= 11 is 0. The Bertz CT molecular complexity index is 1160. The smallest absolute Gasteiger partial charge is 0.410 e. The molecule has 0 atom stereocenters. The first-order valence-corrected chi connectivity index (χ1v) is 16.7. The van der Waals surface area contributed by atoms with Gasteiger partial charge in [0.15, 0.2) is 8.32 Å². The van der Waals surface area contributed by atoms with Gasteiger partial charge in [-0.15, -0.1) is 0 Å². The highest BCUT2D eigenvalue weighted by molar-refractivity contribution is 6.74. The molecule has 0 radical (unpaired) electrons. The van der Waals surface area contributed by atoms with Gasteiger partial charge in [0.2, 0.25) is 0 Å². The fourth-order valence-corrected chi connectivity index (χ4v) is 4.96. The van der Waals surface area contributed by atoms with Gasteiger partial charge in [-0.05, 0) is 68.7 Å². The first kappa shape index (κ1) is 31.4. The lowest BCUT2D eigenvalue weighted by atomic mass is 10.1. The number of likely N-dealkylation sites (tertiary alicyclic amines) is 1. The van der Waals surface area contributed by atoms with Crippen molar-refractivity contribution in [3.63, 3.8) is 0 Å². The van der Waals surface area contributed by atoms with Crippen LogP contribution in [0.25, 0.3) is 0 Å². The van der Waals surface area contributed by atoms with Crippen LogP contribution >= 0.6 is 0 Å². The topological polar surface area (TPSA) is 100 Å². The highest BCUT2D eigenvalue weighted by Gasteiger charge is 2.37. The number of hydrogen-bond acceptors (Lipinski definition) is 7. The number of nitro benzene ring substituents is 1. The summed E-state index contributed by atoms with van der Waals surface area (Å²) in [6, 6.07) is 12.3. The fraction of sp³-hybridized carbons (Fsp3) is 0.567. The molecule has 0 saturated carbocycles. The second-order valence-electron chi connectivity index (χ2n) is 12.8. The lowest BCUT2D eigenvalue weighted by molar-refractivity contribution is -0.385. The van der Waals surface area contributed by atoms with E-state index in [2.05, 4.69) is 33.9 Å². The normalized spacial score (nSPS) is 15.1. The molecule has 0 N–H and O–H groups in total. The van der Waals surface area contributed by atoms with Gasteiger partial charge in [-0.25, -0.2) is 4.79 Å². The van der Waals surface area contributed by atoms with Crippen LogP contribution in [0.2, 0.25) is 18.1 Å². The number of ether oxygens (including phenoxy) is 3. The van der Waals surface area contributed by atoms with Crippen LogP contribution in [0.4, 0.5) is 10.5 Å². The molecule has 1 aliphatic heterocycles. The van der Waals surface area contributed by atoms with Crippen LogP contribution < -0.4 is 9.47 Å². The lowest BCUT2D eigenvalue weighted by Gasteiger charge is -2.36. The van der Waals surface area contributed by atoms with E-state index in [0.29, 0.717) is 36.8 Å². The van der Waals surface area contributed by atoms with Gasteiger partial charge in [-0.3, -0.25) is 10.1 Å². The maximum Gasteiger partial charge on any atom is 0.410 e. The van der Waals surface area contributed by atoms with E-state index in [9.17, 15) is 14.9 Å². The van der Waals surface area contributed by atoms with Crippen molar-refractivity contribution in [1.29, 1.82) is 0 Å². The van der Waals surface area contributed by atoms with E-state index in [1.165, 1.54) is 6.07 Å². The zero-order chi connectivity index (χ0) is 29.7. The molecule has 2 aromatic rings. The number of nitrogens with zero attached hydrogens (tertiary/aromatic N) is 2. The summed E-state index contributed by atoms with van der Waals surface area (Å²) in [4.78, 5) is 25.4. The van der Waals surface area contributed by atoms with Crippen molar-refractivity contribution in [2.75, 3.05) is 13.1 Å². The summed E-state index contributed by atoms with van der Waals surface area (Å²) in [5.41, 5.74) is 0.786. The molecule has 0 aromatic heterocycles. The Balaban J connectivity index is 1.59. The number of carbonyl (C=O) groups is 1. The number of hydrogen-bond donors (Lipinski definition) is 0. The fourth-order valence-electron chi connectivity index (χ4n) is 4.01. The minimum atomic E-state index is -2.04. The van der Waals surface area contributed by atoms with Crippen LogP contribution in [0.1, 0.15) is 65.5 Å². The van der Waals surface area contributed by atoms with Crippen molar-refractivity contribution in [2.24, 2.45) is 0 Å². The van der Waals surface area contributed by atoms with E-state index in [-0.39, 0.29) is 34.5 Å². The average molecular weight is 573 g/mol. The molecule has 0 unspecified atom stereocenters. The van der Waals surface area contributed by atoms with Crippen molar-refractivity contribution in [3.8, 4) is 11.5 Å². The summed E-state index contributed by atoms with van der Waals surface area (Å²) in [6.45, 7) is 17.9. The predicted molar refractivity (Wildman–Crippen MR) is 157 cm³/mol. The highest BCUT2D eigenvalue weighted by atomic mass is 28.4. The van der Waals surface area contributed by atoms with Gasteiger partial charge in [0, 0.05) is 32.0 Å². The number of amides is 1. The molecule has 2 aromatic carbocycles. The number of benzene rings is 2. The second kappa shape index (κ2) is 12.6. The minimum Gasteiger partial charge on any atom is -0.490 e. The summed E-state index contributed by atoms with van der Waals surface area (Å²) in [7, 11) is -2.04. The third-order valence-corrected chi connectivity index (χ3v) is 11.9. The van der Waals surface area contributed by atoms with Crippen LogP contribution in [0.3, 0.4) is 0 Å². The number of rotatable bonds is 9. The van der Waals surface area contributed by atoms with Gasteiger partial charge in [0.1, 0.15) is 29.8 Å². The van der Waals surface area contributed by atoms with E-state index in [1.54, 1.807) is 23.1 Å². The van der Waals surface area contributed by atoms with Gasteiger partial charge >= 0.3 is 6.09 Å². The van der Waals surface area contributed by atoms with Gasteiger partial charge in [0.05, 0.1) is 17.1 Å². The molecule has 0 spiro atoms. The number of piperidine rings is 1. The average Bonchev–Trinajstić information content (AvgIpc) is 2.86. The first-order chi connectivity index (χ1) is 18.6. The molecule has 220 valence electrons. The molecule has 40 heavy (non-hydrogen) atoms. The SMILES string of the molecule is CC(C)(C)OC(=O)N1CCC(Oc2ccc(OCc3c(CO[Si](C)(C)C(C)(C)C)cccc3[N+](=O)[O-])cc2)CC1. The van der Waals surface area contributed by atoms with Crippen LogP contribution in [0.15, 0.2) is 42.5 Å². The summed E-state index contributed by atoms with van der Waals surface area (Å²) < 4.78 is 23.9. The predicted octanol–water partition coefficient (Wildman–Crippen LogP) is 7.47. The van der Waals surface area contributed by atoms with Crippen molar-refractivity contribution in [1.82, 2.24) is 4.90 Å². The Morgan fingerprint density at radius 2 is 1.57 bits per heavy atom. The monoisotopic (exact) mass is 572 g/mol. The van der Waals surface area contributed by atoms with Gasteiger partial charge < -0.3 is 23.5 Å². The van der Waals surface area contributed by atoms with E-state index in [0.717, 1.165) is 18.4 Å². The second-order valence-corrected chi connectivity index (χ2v) is 17.6. The van der Waals surface area contributed by atoms with Crippen molar-refractivity contribution < 1.29 is 28.4 Å². The van der Waals surface area contributed by atoms with Gasteiger partial charge in [0.25, 0.3) is 5.69 Å². The molecule has 3 rings (SSSR count). The molecule has 1 saturated heterocycles. The molecular formula is C30H44N2O7Si. The van der Waals surface area contributed by atoms with E-state index in [1.807, 2.05) is 39.0 Å².